The number of carbonyl (C=O) groups excluding carboxylic acids is 1. The van der Waals surface area contributed by atoms with Crippen LogP contribution in [0.2, 0.25) is 0 Å². The Morgan fingerprint density at radius 1 is 1.04 bits per heavy atom. The van der Waals surface area contributed by atoms with Crippen LogP contribution in [0.1, 0.15) is 57.9 Å². The first-order valence-corrected chi connectivity index (χ1v) is 10.9. The number of hydrogen-bond donors (Lipinski definition) is 2. The molecule has 5 nitrogen and oxygen atoms in total. The van der Waals surface area contributed by atoms with Gasteiger partial charge in [-0.2, -0.15) is 0 Å². The Morgan fingerprint density at radius 3 is 2.42 bits per heavy atom. The van der Waals surface area contributed by atoms with Crippen molar-refractivity contribution < 1.29 is 13.2 Å². The summed E-state index contributed by atoms with van der Waals surface area (Å²) in [6.07, 6.45) is 7.45. The summed E-state index contributed by atoms with van der Waals surface area (Å²) in [6.45, 7) is 5.21. The SMILES string of the molecule is CC(C)CCCCCCNC(=O)CCNS(=O)(=O)/C=C/c1ccccc1. The first-order valence-electron chi connectivity index (χ1n) is 9.38. The molecule has 0 aliphatic heterocycles. The first-order chi connectivity index (χ1) is 12.4. The molecule has 0 spiro atoms. The minimum absolute atomic E-state index is 0.0989. The van der Waals surface area contributed by atoms with E-state index in [4.69, 9.17) is 0 Å². The zero-order chi connectivity index (χ0) is 19.3. The lowest BCUT2D eigenvalue weighted by Gasteiger charge is -2.07. The van der Waals surface area contributed by atoms with Crippen molar-refractivity contribution >= 4 is 22.0 Å². The summed E-state index contributed by atoms with van der Waals surface area (Å²) in [5.74, 6) is 0.628. The van der Waals surface area contributed by atoms with Crippen molar-refractivity contribution in [2.24, 2.45) is 5.92 Å². The van der Waals surface area contributed by atoms with E-state index in [1.807, 2.05) is 30.3 Å². The number of carbonyl (C=O) groups is 1. The van der Waals surface area contributed by atoms with Crippen molar-refractivity contribution in [2.75, 3.05) is 13.1 Å². The van der Waals surface area contributed by atoms with Crippen molar-refractivity contribution in [3.63, 3.8) is 0 Å². The zero-order valence-corrected chi connectivity index (χ0v) is 16.7. The number of sulfonamides is 1. The third-order valence-corrected chi connectivity index (χ3v) is 5.03. The highest BCUT2D eigenvalue weighted by molar-refractivity contribution is 7.92. The lowest BCUT2D eigenvalue weighted by atomic mass is 10.0. The van der Waals surface area contributed by atoms with Gasteiger partial charge in [0.2, 0.25) is 15.9 Å². The van der Waals surface area contributed by atoms with Crippen LogP contribution in [0.15, 0.2) is 35.7 Å². The van der Waals surface area contributed by atoms with Crippen LogP contribution in [-0.2, 0) is 14.8 Å². The van der Waals surface area contributed by atoms with E-state index in [-0.39, 0.29) is 18.9 Å². The number of rotatable bonds is 13. The van der Waals surface area contributed by atoms with Crippen LogP contribution in [0, 0.1) is 5.92 Å². The quantitative estimate of drug-likeness (QED) is 0.513. The number of unbranched alkanes of at least 4 members (excludes halogenated alkanes) is 3. The molecule has 0 aliphatic rings. The monoisotopic (exact) mass is 380 g/mol. The van der Waals surface area contributed by atoms with E-state index in [9.17, 15) is 13.2 Å². The maximum absolute atomic E-state index is 11.9. The standard InChI is InChI=1S/C20H32N2O3S/c1-18(2)10-6-3-4-9-15-21-20(23)13-16-22-26(24,25)17-14-19-11-7-5-8-12-19/h5,7-8,11-12,14,17-18,22H,3-4,6,9-10,13,15-16H2,1-2H3,(H,21,23)/b17-14+. The van der Waals surface area contributed by atoms with E-state index < -0.39 is 10.0 Å². The molecule has 0 bridgehead atoms. The van der Waals surface area contributed by atoms with Crippen molar-refractivity contribution in [2.45, 2.75) is 52.4 Å². The molecule has 0 heterocycles. The molecule has 0 saturated heterocycles. The van der Waals surface area contributed by atoms with Gasteiger partial charge in [0.05, 0.1) is 0 Å². The molecule has 146 valence electrons. The molecule has 0 aliphatic carbocycles. The molecular weight excluding hydrogens is 348 g/mol. The molecular formula is C20H32N2O3S. The lowest BCUT2D eigenvalue weighted by molar-refractivity contribution is -0.120. The van der Waals surface area contributed by atoms with Crippen LogP contribution >= 0.6 is 0 Å². The molecule has 0 saturated carbocycles. The molecule has 0 radical (unpaired) electrons. The molecule has 0 fully saturated rings. The second-order valence-corrected chi connectivity index (χ2v) is 8.50. The summed E-state index contributed by atoms with van der Waals surface area (Å²) in [4.78, 5) is 11.7. The number of benzene rings is 1. The molecule has 1 aromatic carbocycles. The van der Waals surface area contributed by atoms with Gasteiger partial charge in [-0.1, -0.05) is 69.9 Å². The zero-order valence-electron chi connectivity index (χ0n) is 15.9. The predicted molar refractivity (Wildman–Crippen MR) is 108 cm³/mol. The number of amides is 1. The minimum Gasteiger partial charge on any atom is -0.356 e. The molecule has 1 rings (SSSR count). The third kappa shape index (κ3) is 11.8. The highest BCUT2D eigenvalue weighted by atomic mass is 32.2. The Balaban J connectivity index is 2.12. The predicted octanol–water partition coefficient (Wildman–Crippen LogP) is 3.69. The molecule has 6 heteroatoms. The Kier molecular flexibility index (Phi) is 10.9. The Hall–Kier alpha value is -1.66. The maximum Gasteiger partial charge on any atom is 0.233 e. The first kappa shape index (κ1) is 22.4. The van der Waals surface area contributed by atoms with Gasteiger partial charge in [0.15, 0.2) is 0 Å². The van der Waals surface area contributed by atoms with Crippen LogP contribution in [0.3, 0.4) is 0 Å². The van der Waals surface area contributed by atoms with E-state index in [2.05, 4.69) is 23.9 Å². The summed E-state index contributed by atoms with van der Waals surface area (Å²) in [5.41, 5.74) is 0.809. The molecule has 0 unspecified atom stereocenters. The van der Waals surface area contributed by atoms with E-state index in [0.717, 1.165) is 29.7 Å². The average Bonchev–Trinajstić information content (AvgIpc) is 2.60. The van der Waals surface area contributed by atoms with Crippen LogP contribution in [0.5, 0.6) is 0 Å². The minimum atomic E-state index is -3.53. The third-order valence-electron chi connectivity index (χ3n) is 3.92. The average molecular weight is 381 g/mol. The topological polar surface area (TPSA) is 75.3 Å². The summed E-state index contributed by atoms with van der Waals surface area (Å²) in [7, 11) is -3.53. The lowest BCUT2D eigenvalue weighted by Crippen LogP contribution is -2.30. The molecule has 0 atom stereocenters. The highest BCUT2D eigenvalue weighted by Crippen LogP contribution is 2.09. The fourth-order valence-corrected chi connectivity index (χ4v) is 3.25. The Bertz CT molecular complexity index is 640. The normalized spacial score (nSPS) is 12.0. The summed E-state index contributed by atoms with van der Waals surface area (Å²) in [5, 5.41) is 3.96. The van der Waals surface area contributed by atoms with Gasteiger partial charge in [-0.05, 0) is 24.0 Å². The van der Waals surface area contributed by atoms with Gasteiger partial charge in [-0.25, -0.2) is 13.1 Å². The van der Waals surface area contributed by atoms with Gasteiger partial charge in [0.25, 0.3) is 0 Å². The van der Waals surface area contributed by atoms with Crippen molar-refractivity contribution in [1.82, 2.24) is 10.0 Å². The van der Waals surface area contributed by atoms with Gasteiger partial charge in [-0.15, -0.1) is 0 Å². The maximum atomic E-state index is 11.9. The molecule has 26 heavy (non-hydrogen) atoms. The highest BCUT2D eigenvalue weighted by Gasteiger charge is 2.07. The molecule has 2 N–H and O–H groups in total. The summed E-state index contributed by atoms with van der Waals surface area (Å²) in [6, 6.07) is 9.20. The van der Waals surface area contributed by atoms with Crippen molar-refractivity contribution in [3.05, 3.63) is 41.3 Å². The van der Waals surface area contributed by atoms with E-state index in [1.54, 1.807) is 0 Å². The molecule has 0 aromatic heterocycles. The summed E-state index contributed by atoms with van der Waals surface area (Å²) < 4.78 is 26.1. The van der Waals surface area contributed by atoms with Crippen LogP contribution in [0.4, 0.5) is 0 Å². The van der Waals surface area contributed by atoms with Gasteiger partial charge >= 0.3 is 0 Å². The van der Waals surface area contributed by atoms with Gasteiger partial charge in [0.1, 0.15) is 0 Å². The second-order valence-electron chi connectivity index (χ2n) is 6.85. The fourth-order valence-electron chi connectivity index (χ4n) is 2.43. The Morgan fingerprint density at radius 2 is 1.73 bits per heavy atom. The second kappa shape index (κ2) is 12.7. The smallest absolute Gasteiger partial charge is 0.233 e. The number of hydrogen-bond acceptors (Lipinski definition) is 3. The van der Waals surface area contributed by atoms with Gasteiger partial charge in [0, 0.05) is 24.9 Å². The molecule has 1 aromatic rings. The largest absolute Gasteiger partial charge is 0.356 e. The number of nitrogens with one attached hydrogen (secondary N) is 2. The van der Waals surface area contributed by atoms with E-state index in [0.29, 0.717) is 6.54 Å². The van der Waals surface area contributed by atoms with Gasteiger partial charge in [-0.3, -0.25) is 4.79 Å². The van der Waals surface area contributed by atoms with E-state index >= 15 is 0 Å². The van der Waals surface area contributed by atoms with Crippen LogP contribution in [0.25, 0.3) is 6.08 Å². The van der Waals surface area contributed by atoms with Crippen LogP contribution < -0.4 is 10.0 Å². The Labute approximate surface area is 158 Å². The van der Waals surface area contributed by atoms with Crippen LogP contribution in [-0.4, -0.2) is 27.4 Å². The fraction of sp³-hybridized carbons (Fsp3) is 0.550. The van der Waals surface area contributed by atoms with E-state index in [1.165, 1.54) is 25.3 Å². The van der Waals surface area contributed by atoms with Crippen molar-refractivity contribution in [3.8, 4) is 0 Å². The molecule has 1 amide bonds. The van der Waals surface area contributed by atoms with Gasteiger partial charge < -0.3 is 5.32 Å². The summed E-state index contributed by atoms with van der Waals surface area (Å²) >= 11 is 0. The van der Waals surface area contributed by atoms with Crippen molar-refractivity contribution in [1.29, 1.82) is 0 Å².